The Hall–Kier alpha value is -0.860. The molecule has 0 amide bonds. The predicted octanol–water partition coefficient (Wildman–Crippen LogP) is 2.94. The van der Waals surface area contributed by atoms with Gasteiger partial charge in [0, 0.05) is 0 Å². The van der Waals surface area contributed by atoms with Gasteiger partial charge in [-0.25, -0.2) is 0 Å². The first kappa shape index (κ1) is 12.6. The van der Waals surface area contributed by atoms with E-state index < -0.39 is 6.10 Å². The molecule has 1 aromatic carbocycles. The van der Waals surface area contributed by atoms with Crippen LogP contribution in [0.4, 0.5) is 0 Å². The Morgan fingerprint density at radius 1 is 1.18 bits per heavy atom. The average Bonchev–Trinajstić information content (AvgIpc) is 2.39. The van der Waals surface area contributed by atoms with E-state index in [2.05, 4.69) is 13.0 Å². The van der Waals surface area contributed by atoms with Gasteiger partial charge in [-0.2, -0.15) is 0 Å². The van der Waals surface area contributed by atoms with Crippen molar-refractivity contribution in [2.45, 2.75) is 51.2 Å². The first-order valence-corrected chi connectivity index (χ1v) is 6.69. The van der Waals surface area contributed by atoms with Crippen LogP contribution in [0.3, 0.4) is 0 Å². The van der Waals surface area contributed by atoms with E-state index in [1.54, 1.807) is 0 Å². The summed E-state index contributed by atoms with van der Waals surface area (Å²) in [7, 11) is 0. The number of benzene rings is 1. The molecule has 1 fully saturated rings. The number of aryl methyl sites for hydroxylation is 1. The van der Waals surface area contributed by atoms with Crippen LogP contribution in [0.5, 0.6) is 0 Å². The zero-order chi connectivity index (χ0) is 12.3. The monoisotopic (exact) mass is 233 g/mol. The second-order valence-electron chi connectivity index (χ2n) is 5.27. The molecule has 94 valence electrons. The van der Waals surface area contributed by atoms with Gasteiger partial charge in [0.2, 0.25) is 0 Å². The summed E-state index contributed by atoms with van der Waals surface area (Å²) in [6, 6.07) is 7.86. The van der Waals surface area contributed by atoms with Crippen LogP contribution in [-0.4, -0.2) is 11.2 Å². The molecule has 1 aliphatic rings. The molecule has 2 nitrogen and oxygen atoms in total. The Bertz CT molecular complexity index is 358. The van der Waals surface area contributed by atoms with Gasteiger partial charge in [0.1, 0.15) is 0 Å². The summed E-state index contributed by atoms with van der Waals surface area (Å²) >= 11 is 0. The second kappa shape index (κ2) is 5.65. The van der Waals surface area contributed by atoms with Crippen molar-refractivity contribution in [1.29, 1.82) is 0 Å². The van der Waals surface area contributed by atoms with Gasteiger partial charge in [0.15, 0.2) is 0 Å². The summed E-state index contributed by atoms with van der Waals surface area (Å²) in [6.07, 6.45) is 5.64. The van der Waals surface area contributed by atoms with Crippen molar-refractivity contribution in [3.8, 4) is 0 Å². The minimum atomic E-state index is -0.392. The minimum Gasteiger partial charge on any atom is -0.391 e. The molecule has 0 aliphatic heterocycles. The fourth-order valence-corrected chi connectivity index (χ4v) is 2.91. The first-order valence-electron chi connectivity index (χ1n) is 6.69. The Morgan fingerprint density at radius 3 is 2.47 bits per heavy atom. The van der Waals surface area contributed by atoms with E-state index in [-0.39, 0.29) is 6.04 Å². The number of nitrogens with two attached hydrogens (primary N) is 1. The van der Waals surface area contributed by atoms with Crippen LogP contribution in [-0.2, 0) is 0 Å². The molecule has 0 heterocycles. The van der Waals surface area contributed by atoms with Crippen molar-refractivity contribution in [2.24, 2.45) is 11.7 Å². The summed E-state index contributed by atoms with van der Waals surface area (Å²) in [6.45, 7) is 2.06. The SMILES string of the molecule is Cc1ccccc1[C@H](N)[C@H](O)C1CCCCC1. The van der Waals surface area contributed by atoms with Gasteiger partial charge in [-0.1, -0.05) is 43.5 Å². The maximum atomic E-state index is 10.4. The molecule has 2 heteroatoms. The highest BCUT2D eigenvalue weighted by atomic mass is 16.3. The van der Waals surface area contributed by atoms with Crippen molar-refractivity contribution in [2.75, 3.05) is 0 Å². The lowest BCUT2D eigenvalue weighted by Gasteiger charge is -2.31. The van der Waals surface area contributed by atoms with Crippen LogP contribution in [0.15, 0.2) is 24.3 Å². The largest absolute Gasteiger partial charge is 0.391 e. The summed E-state index contributed by atoms with van der Waals surface area (Å²) in [5.74, 6) is 0.387. The molecule has 17 heavy (non-hydrogen) atoms. The lowest BCUT2D eigenvalue weighted by Crippen LogP contribution is -2.34. The quantitative estimate of drug-likeness (QED) is 0.843. The third-order valence-electron chi connectivity index (χ3n) is 4.05. The van der Waals surface area contributed by atoms with E-state index in [1.165, 1.54) is 24.8 Å². The van der Waals surface area contributed by atoms with E-state index in [1.807, 2.05) is 18.2 Å². The molecular formula is C15H23NO. The highest BCUT2D eigenvalue weighted by Gasteiger charge is 2.28. The van der Waals surface area contributed by atoms with Crippen molar-refractivity contribution in [1.82, 2.24) is 0 Å². The smallest absolute Gasteiger partial charge is 0.0760 e. The third kappa shape index (κ3) is 2.88. The van der Waals surface area contributed by atoms with Crippen molar-refractivity contribution >= 4 is 0 Å². The second-order valence-corrected chi connectivity index (χ2v) is 5.27. The van der Waals surface area contributed by atoms with E-state index in [0.717, 1.165) is 18.4 Å². The number of hydrogen-bond acceptors (Lipinski definition) is 2. The molecule has 1 aromatic rings. The van der Waals surface area contributed by atoms with Crippen molar-refractivity contribution in [3.63, 3.8) is 0 Å². The van der Waals surface area contributed by atoms with Crippen LogP contribution in [0.2, 0.25) is 0 Å². The Balaban J connectivity index is 2.08. The zero-order valence-corrected chi connectivity index (χ0v) is 10.6. The number of aliphatic hydroxyl groups excluding tert-OH is 1. The van der Waals surface area contributed by atoms with Crippen molar-refractivity contribution < 1.29 is 5.11 Å². The molecular weight excluding hydrogens is 210 g/mol. The van der Waals surface area contributed by atoms with Gasteiger partial charge in [0.05, 0.1) is 12.1 Å². The normalized spacial score (nSPS) is 21.1. The molecule has 1 aliphatic carbocycles. The zero-order valence-electron chi connectivity index (χ0n) is 10.6. The van der Waals surface area contributed by atoms with E-state index >= 15 is 0 Å². The Labute approximate surface area is 104 Å². The Morgan fingerprint density at radius 2 is 1.82 bits per heavy atom. The molecule has 0 spiro atoms. The number of rotatable bonds is 3. The summed E-state index contributed by atoms with van der Waals surface area (Å²) in [5, 5.41) is 10.4. The average molecular weight is 233 g/mol. The van der Waals surface area contributed by atoms with E-state index in [0.29, 0.717) is 5.92 Å². The highest BCUT2D eigenvalue weighted by Crippen LogP contribution is 2.32. The summed E-state index contributed by atoms with van der Waals surface area (Å²) < 4.78 is 0. The van der Waals surface area contributed by atoms with Gasteiger partial charge in [0.25, 0.3) is 0 Å². The molecule has 0 radical (unpaired) electrons. The molecule has 2 rings (SSSR count). The van der Waals surface area contributed by atoms with Gasteiger partial charge >= 0.3 is 0 Å². The van der Waals surface area contributed by atoms with Gasteiger partial charge < -0.3 is 10.8 Å². The van der Waals surface area contributed by atoms with Crippen LogP contribution in [0.1, 0.15) is 49.3 Å². The fraction of sp³-hybridized carbons (Fsp3) is 0.600. The predicted molar refractivity (Wildman–Crippen MR) is 70.7 cm³/mol. The summed E-state index contributed by atoms with van der Waals surface area (Å²) in [5.41, 5.74) is 8.48. The highest BCUT2D eigenvalue weighted by molar-refractivity contribution is 5.29. The molecule has 1 saturated carbocycles. The molecule has 0 saturated heterocycles. The third-order valence-corrected chi connectivity index (χ3v) is 4.05. The van der Waals surface area contributed by atoms with E-state index in [4.69, 9.17) is 5.73 Å². The lowest BCUT2D eigenvalue weighted by molar-refractivity contribution is 0.0616. The topological polar surface area (TPSA) is 46.2 Å². The standard InChI is InChI=1S/C15H23NO/c1-11-7-5-6-10-13(11)14(16)15(17)12-8-3-2-4-9-12/h5-7,10,12,14-15,17H,2-4,8-9,16H2,1H3/t14-,15+/m0/s1. The minimum absolute atomic E-state index is 0.237. The molecule has 0 aromatic heterocycles. The molecule has 3 N–H and O–H groups in total. The van der Waals surface area contributed by atoms with Crippen LogP contribution >= 0.6 is 0 Å². The Kier molecular flexibility index (Phi) is 4.19. The fourth-order valence-electron chi connectivity index (χ4n) is 2.91. The van der Waals surface area contributed by atoms with Crippen LogP contribution < -0.4 is 5.73 Å². The summed E-state index contributed by atoms with van der Waals surface area (Å²) in [4.78, 5) is 0. The van der Waals surface area contributed by atoms with Gasteiger partial charge in [-0.3, -0.25) is 0 Å². The van der Waals surface area contributed by atoms with E-state index in [9.17, 15) is 5.11 Å². The molecule has 0 unspecified atom stereocenters. The maximum Gasteiger partial charge on any atom is 0.0760 e. The van der Waals surface area contributed by atoms with Crippen LogP contribution in [0.25, 0.3) is 0 Å². The maximum absolute atomic E-state index is 10.4. The van der Waals surface area contributed by atoms with Gasteiger partial charge in [-0.05, 0) is 36.8 Å². The first-order chi connectivity index (χ1) is 8.20. The van der Waals surface area contributed by atoms with Crippen LogP contribution in [0, 0.1) is 12.8 Å². The van der Waals surface area contributed by atoms with Crippen molar-refractivity contribution in [3.05, 3.63) is 35.4 Å². The number of aliphatic hydroxyl groups is 1. The lowest BCUT2D eigenvalue weighted by atomic mass is 9.81. The molecule has 0 bridgehead atoms. The molecule has 2 atom stereocenters. The van der Waals surface area contributed by atoms with Gasteiger partial charge in [-0.15, -0.1) is 0 Å². The number of hydrogen-bond donors (Lipinski definition) is 2.